The van der Waals surface area contributed by atoms with Gasteiger partial charge in [0.1, 0.15) is 5.70 Å². The minimum atomic E-state index is -0.489. The number of methoxy groups -OCH3 is 1. The normalized spacial score (nSPS) is 15.6. The van der Waals surface area contributed by atoms with Crippen molar-refractivity contribution in [1.29, 1.82) is 0 Å². The zero-order valence-corrected chi connectivity index (χ0v) is 14.1. The lowest BCUT2D eigenvalue weighted by molar-refractivity contribution is -0.123. The van der Waals surface area contributed by atoms with E-state index in [0.29, 0.717) is 10.6 Å². The topological polar surface area (TPSA) is 78.9 Å². The Morgan fingerprint density at radius 2 is 1.92 bits per heavy atom. The van der Waals surface area contributed by atoms with Gasteiger partial charge in [0.15, 0.2) is 11.5 Å². The quantitative estimate of drug-likeness (QED) is 0.650. The van der Waals surface area contributed by atoms with Gasteiger partial charge in [-0.2, -0.15) is 0 Å². The van der Waals surface area contributed by atoms with Crippen LogP contribution >= 0.6 is 11.6 Å². The molecule has 0 atom stereocenters. The highest BCUT2D eigenvalue weighted by molar-refractivity contribution is 6.30. The van der Waals surface area contributed by atoms with Crippen molar-refractivity contribution in [1.82, 2.24) is 10.2 Å². The number of amides is 3. The first kappa shape index (κ1) is 16.9. The summed E-state index contributed by atoms with van der Waals surface area (Å²) < 4.78 is 5.04. The van der Waals surface area contributed by atoms with Crippen molar-refractivity contribution in [3.63, 3.8) is 0 Å². The number of phenolic OH excluding ortho intramolecular Hbond substituents is 1. The lowest BCUT2D eigenvalue weighted by atomic mass is 10.1. The maximum absolute atomic E-state index is 12.5. The molecule has 128 valence electrons. The Labute approximate surface area is 149 Å². The largest absolute Gasteiger partial charge is 0.504 e. The summed E-state index contributed by atoms with van der Waals surface area (Å²) in [6.45, 7) is 0.151. The average molecular weight is 359 g/mol. The zero-order valence-electron chi connectivity index (χ0n) is 13.3. The summed E-state index contributed by atoms with van der Waals surface area (Å²) in [7, 11) is 1.43. The highest BCUT2D eigenvalue weighted by Gasteiger charge is 2.33. The molecule has 1 fully saturated rings. The van der Waals surface area contributed by atoms with E-state index in [4.69, 9.17) is 16.3 Å². The molecule has 0 aliphatic carbocycles. The van der Waals surface area contributed by atoms with Gasteiger partial charge in [-0.1, -0.05) is 29.8 Å². The molecule has 0 bridgehead atoms. The first-order valence-electron chi connectivity index (χ1n) is 7.44. The molecule has 3 rings (SSSR count). The molecular weight excluding hydrogens is 344 g/mol. The highest BCUT2D eigenvalue weighted by atomic mass is 35.5. The molecule has 2 aromatic carbocycles. The van der Waals surface area contributed by atoms with E-state index < -0.39 is 11.9 Å². The fourth-order valence-corrected chi connectivity index (χ4v) is 2.56. The molecule has 1 aliphatic rings. The third-order valence-corrected chi connectivity index (χ3v) is 3.98. The van der Waals surface area contributed by atoms with E-state index in [1.54, 1.807) is 36.4 Å². The second-order valence-corrected chi connectivity index (χ2v) is 5.87. The fraction of sp³-hybridized carbons (Fsp3) is 0.111. The lowest BCUT2D eigenvalue weighted by Gasteiger charge is -2.11. The van der Waals surface area contributed by atoms with Crippen LogP contribution in [-0.2, 0) is 11.3 Å². The average Bonchev–Trinajstić information content (AvgIpc) is 2.86. The van der Waals surface area contributed by atoms with Crippen LogP contribution in [-0.4, -0.2) is 29.1 Å². The van der Waals surface area contributed by atoms with Gasteiger partial charge in [-0.05, 0) is 41.5 Å². The Hall–Kier alpha value is -2.99. The number of nitrogens with one attached hydrogen (secondary N) is 1. The van der Waals surface area contributed by atoms with Crippen molar-refractivity contribution in [2.24, 2.45) is 0 Å². The molecule has 0 radical (unpaired) electrons. The summed E-state index contributed by atoms with van der Waals surface area (Å²) in [5, 5.41) is 12.8. The Kier molecular flexibility index (Phi) is 4.63. The van der Waals surface area contributed by atoms with Crippen LogP contribution < -0.4 is 10.1 Å². The van der Waals surface area contributed by atoms with Crippen LogP contribution in [0.2, 0.25) is 5.02 Å². The predicted molar refractivity (Wildman–Crippen MR) is 93.2 cm³/mol. The molecule has 1 heterocycles. The van der Waals surface area contributed by atoms with Crippen LogP contribution in [0.15, 0.2) is 48.2 Å². The monoisotopic (exact) mass is 358 g/mol. The molecule has 0 aromatic heterocycles. The van der Waals surface area contributed by atoms with E-state index in [1.807, 2.05) is 0 Å². The molecule has 2 aromatic rings. The van der Waals surface area contributed by atoms with Gasteiger partial charge < -0.3 is 15.2 Å². The predicted octanol–water partition coefficient (Wildman–Crippen LogP) is 3.15. The SMILES string of the molecule is COc1cc(/C=C2\NC(=O)N(Cc3ccc(Cl)cc3)C2=O)ccc1O. The minimum Gasteiger partial charge on any atom is -0.504 e. The number of benzene rings is 2. The van der Waals surface area contributed by atoms with E-state index in [2.05, 4.69) is 5.32 Å². The Balaban J connectivity index is 1.82. The van der Waals surface area contributed by atoms with Crippen molar-refractivity contribution in [2.75, 3.05) is 7.11 Å². The van der Waals surface area contributed by atoms with E-state index in [1.165, 1.54) is 19.3 Å². The first-order chi connectivity index (χ1) is 12.0. The van der Waals surface area contributed by atoms with E-state index in [9.17, 15) is 14.7 Å². The van der Waals surface area contributed by atoms with Gasteiger partial charge >= 0.3 is 6.03 Å². The molecule has 0 spiro atoms. The Morgan fingerprint density at radius 3 is 2.60 bits per heavy atom. The third kappa shape index (κ3) is 3.59. The molecule has 6 nitrogen and oxygen atoms in total. The van der Waals surface area contributed by atoms with Crippen LogP contribution in [0.4, 0.5) is 4.79 Å². The molecule has 25 heavy (non-hydrogen) atoms. The van der Waals surface area contributed by atoms with Gasteiger partial charge in [-0.15, -0.1) is 0 Å². The number of halogens is 1. The number of rotatable bonds is 4. The van der Waals surface area contributed by atoms with E-state index in [0.717, 1.165) is 10.5 Å². The van der Waals surface area contributed by atoms with Gasteiger partial charge in [-0.25, -0.2) is 4.79 Å². The van der Waals surface area contributed by atoms with Crippen molar-refractivity contribution in [2.45, 2.75) is 6.54 Å². The van der Waals surface area contributed by atoms with Crippen LogP contribution in [0.1, 0.15) is 11.1 Å². The summed E-state index contributed by atoms with van der Waals surface area (Å²) in [6, 6.07) is 11.1. The number of hydrogen-bond acceptors (Lipinski definition) is 4. The van der Waals surface area contributed by atoms with Crippen molar-refractivity contribution < 1.29 is 19.4 Å². The van der Waals surface area contributed by atoms with Crippen LogP contribution in [0, 0.1) is 0 Å². The number of carbonyl (C=O) groups excluding carboxylic acids is 2. The van der Waals surface area contributed by atoms with Gasteiger partial charge in [0.05, 0.1) is 13.7 Å². The summed E-state index contributed by atoms with van der Waals surface area (Å²) in [4.78, 5) is 25.7. The number of imide groups is 1. The number of ether oxygens (including phenoxy) is 1. The molecule has 1 saturated heterocycles. The number of urea groups is 1. The molecular formula is C18H15ClN2O4. The molecule has 0 saturated carbocycles. The standard InChI is InChI=1S/C18H15ClN2O4/c1-25-16-9-12(4-7-15(16)22)8-14-17(23)21(18(24)20-14)10-11-2-5-13(19)6-3-11/h2-9,22H,10H2,1H3,(H,20,24)/b14-8-. The first-order valence-corrected chi connectivity index (χ1v) is 7.81. The lowest BCUT2D eigenvalue weighted by Crippen LogP contribution is -2.30. The van der Waals surface area contributed by atoms with Gasteiger partial charge in [-0.3, -0.25) is 9.69 Å². The maximum Gasteiger partial charge on any atom is 0.329 e. The maximum atomic E-state index is 12.5. The zero-order chi connectivity index (χ0) is 18.0. The van der Waals surface area contributed by atoms with Crippen LogP contribution in [0.3, 0.4) is 0 Å². The molecule has 7 heteroatoms. The van der Waals surface area contributed by atoms with Crippen molar-refractivity contribution in [3.05, 3.63) is 64.3 Å². The van der Waals surface area contributed by atoms with Crippen LogP contribution in [0.25, 0.3) is 6.08 Å². The Bertz CT molecular complexity index is 862. The number of hydrogen-bond donors (Lipinski definition) is 2. The highest BCUT2D eigenvalue weighted by Crippen LogP contribution is 2.27. The second-order valence-electron chi connectivity index (χ2n) is 5.44. The smallest absolute Gasteiger partial charge is 0.329 e. The summed E-state index contributed by atoms with van der Waals surface area (Å²) in [6.07, 6.45) is 1.53. The minimum absolute atomic E-state index is 0.00389. The second kappa shape index (κ2) is 6.86. The molecule has 1 aliphatic heterocycles. The van der Waals surface area contributed by atoms with E-state index >= 15 is 0 Å². The van der Waals surface area contributed by atoms with E-state index in [-0.39, 0.29) is 23.7 Å². The number of carbonyl (C=O) groups is 2. The summed E-state index contributed by atoms with van der Waals surface area (Å²) in [5.41, 5.74) is 1.57. The Morgan fingerprint density at radius 1 is 1.20 bits per heavy atom. The number of nitrogens with zero attached hydrogens (tertiary/aromatic N) is 1. The van der Waals surface area contributed by atoms with Crippen molar-refractivity contribution in [3.8, 4) is 11.5 Å². The third-order valence-electron chi connectivity index (χ3n) is 3.73. The molecule has 2 N–H and O–H groups in total. The summed E-state index contributed by atoms with van der Waals surface area (Å²) in [5.74, 6) is -0.146. The number of phenols is 1. The van der Waals surface area contributed by atoms with Gasteiger partial charge in [0.2, 0.25) is 0 Å². The van der Waals surface area contributed by atoms with Gasteiger partial charge in [0, 0.05) is 5.02 Å². The molecule has 0 unspecified atom stereocenters. The number of aromatic hydroxyl groups is 1. The van der Waals surface area contributed by atoms with Crippen LogP contribution in [0.5, 0.6) is 11.5 Å². The summed E-state index contributed by atoms with van der Waals surface area (Å²) >= 11 is 5.84. The fourth-order valence-electron chi connectivity index (χ4n) is 2.44. The molecule has 3 amide bonds. The van der Waals surface area contributed by atoms with Crippen molar-refractivity contribution >= 4 is 29.6 Å². The van der Waals surface area contributed by atoms with Gasteiger partial charge in [0.25, 0.3) is 5.91 Å².